The molecule has 0 unspecified atom stereocenters. The lowest BCUT2D eigenvalue weighted by atomic mass is 10.1. The average Bonchev–Trinajstić information content (AvgIpc) is 3.17. The summed E-state index contributed by atoms with van der Waals surface area (Å²) in [6.07, 6.45) is 1.92. The van der Waals surface area contributed by atoms with Crippen molar-refractivity contribution in [3.05, 3.63) is 57.5 Å². The largest absolute Gasteiger partial charge is 0.353 e. The number of carbonyl (C=O) groups is 1. The van der Waals surface area contributed by atoms with E-state index >= 15 is 0 Å². The second-order valence-corrected chi connectivity index (χ2v) is 7.19. The summed E-state index contributed by atoms with van der Waals surface area (Å²) in [6.45, 7) is 1.88. The number of hydrogen-bond donors (Lipinski definition) is 3. The monoisotopic (exact) mass is 354 g/mol. The fourth-order valence-corrected chi connectivity index (χ4v) is 3.96. The average molecular weight is 354 g/mol. The normalized spacial score (nSPS) is 16.1. The number of H-pyrrole nitrogens is 2. The molecule has 0 saturated carbocycles. The summed E-state index contributed by atoms with van der Waals surface area (Å²) in [5, 5.41) is 3.53. The number of aromatic nitrogens is 3. The maximum absolute atomic E-state index is 12.3. The first-order chi connectivity index (χ1) is 12.1. The van der Waals surface area contributed by atoms with Gasteiger partial charge >= 0.3 is 0 Å². The Hall–Kier alpha value is -2.54. The van der Waals surface area contributed by atoms with Crippen molar-refractivity contribution in [2.45, 2.75) is 31.0 Å². The molecule has 1 aliphatic carbocycles. The summed E-state index contributed by atoms with van der Waals surface area (Å²) < 4.78 is 0. The third-order valence-electron chi connectivity index (χ3n) is 4.41. The lowest BCUT2D eigenvalue weighted by Gasteiger charge is -2.13. The number of nitrogens with one attached hydrogen (secondary N) is 3. The molecule has 0 radical (unpaired) electrons. The first-order valence-corrected chi connectivity index (χ1v) is 9.18. The highest BCUT2D eigenvalue weighted by Gasteiger charge is 2.23. The van der Waals surface area contributed by atoms with Crippen molar-refractivity contribution < 1.29 is 4.79 Å². The fourth-order valence-electron chi connectivity index (χ4n) is 3.28. The van der Waals surface area contributed by atoms with Crippen LogP contribution in [0, 0.1) is 6.92 Å². The number of hydrogen-bond acceptors (Lipinski definition) is 4. The van der Waals surface area contributed by atoms with E-state index < -0.39 is 0 Å². The van der Waals surface area contributed by atoms with Gasteiger partial charge in [0.05, 0.1) is 17.3 Å². The van der Waals surface area contributed by atoms with Gasteiger partial charge in [0.15, 0.2) is 5.16 Å². The van der Waals surface area contributed by atoms with Crippen LogP contribution in [0.5, 0.6) is 0 Å². The van der Waals surface area contributed by atoms with E-state index in [9.17, 15) is 9.59 Å². The van der Waals surface area contributed by atoms with Crippen LogP contribution >= 0.6 is 11.8 Å². The Bertz CT molecular complexity index is 1010. The molecule has 3 N–H and O–H groups in total. The van der Waals surface area contributed by atoms with E-state index in [1.807, 2.05) is 25.1 Å². The molecule has 1 atom stereocenters. The Morgan fingerprint density at radius 1 is 1.36 bits per heavy atom. The van der Waals surface area contributed by atoms with Crippen molar-refractivity contribution in [2.75, 3.05) is 5.75 Å². The van der Waals surface area contributed by atoms with Gasteiger partial charge in [-0.05, 0) is 37.0 Å². The van der Waals surface area contributed by atoms with Gasteiger partial charge in [0.1, 0.15) is 5.52 Å². The highest BCUT2D eigenvalue weighted by molar-refractivity contribution is 7.99. The summed E-state index contributed by atoms with van der Waals surface area (Å²) in [5.74, 6) is 0.163. The number of nitrogens with zero attached hydrogens (tertiary/aromatic N) is 1. The molecular weight excluding hydrogens is 336 g/mol. The van der Waals surface area contributed by atoms with Gasteiger partial charge in [-0.3, -0.25) is 14.6 Å². The summed E-state index contributed by atoms with van der Waals surface area (Å²) in [7, 11) is 0. The topological polar surface area (TPSA) is 90.6 Å². The SMILES string of the molecule is Cc1cc2nc(SCC(=O)N[C@@H]3CCc4ccccc43)[nH]c(=O)c2[nH]1. The molecule has 25 heavy (non-hydrogen) atoms. The number of thioether (sulfide) groups is 1. The van der Waals surface area contributed by atoms with E-state index in [4.69, 9.17) is 0 Å². The maximum Gasteiger partial charge on any atom is 0.275 e. The fraction of sp³-hybridized carbons (Fsp3) is 0.278. The van der Waals surface area contributed by atoms with Crippen molar-refractivity contribution >= 4 is 28.7 Å². The van der Waals surface area contributed by atoms with Gasteiger partial charge in [-0.15, -0.1) is 0 Å². The van der Waals surface area contributed by atoms with Crippen molar-refractivity contribution in [1.82, 2.24) is 20.3 Å². The number of carbonyl (C=O) groups excluding carboxylic acids is 1. The molecule has 1 amide bonds. The van der Waals surface area contributed by atoms with Crippen LogP contribution in [0.1, 0.15) is 29.3 Å². The zero-order valence-electron chi connectivity index (χ0n) is 13.8. The molecule has 0 aliphatic heterocycles. The molecule has 4 rings (SSSR count). The number of aromatic amines is 2. The van der Waals surface area contributed by atoms with E-state index in [1.165, 1.54) is 22.9 Å². The van der Waals surface area contributed by atoms with Gasteiger partial charge in [-0.2, -0.15) is 0 Å². The predicted molar refractivity (Wildman–Crippen MR) is 97.8 cm³/mol. The third-order valence-corrected chi connectivity index (χ3v) is 5.28. The molecule has 128 valence electrons. The second-order valence-electron chi connectivity index (χ2n) is 6.23. The van der Waals surface area contributed by atoms with E-state index in [0.29, 0.717) is 16.2 Å². The Kier molecular flexibility index (Phi) is 4.09. The van der Waals surface area contributed by atoms with Gasteiger partial charge in [-0.25, -0.2) is 4.98 Å². The first-order valence-electron chi connectivity index (χ1n) is 8.20. The van der Waals surface area contributed by atoms with Crippen molar-refractivity contribution in [3.63, 3.8) is 0 Å². The molecule has 0 fully saturated rings. The van der Waals surface area contributed by atoms with Crippen LogP contribution < -0.4 is 10.9 Å². The van der Waals surface area contributed by atoms with Crippen molar-refractivity contribution in [3.8, 4) is 0 Å². The van der Waals surface area contributed by atoms with Crippen LogP contribution in [0.25, 0.3) is 11.0 Å². The van der Waals surface area contributed by atoms with E-state index in [2.05, 4.69) is 32.4 Å². The zero-order valence-corrected chi connectivity index (χ0v) is 14.6. The van der Waals surface area contributed by atoms with Crippen LogP contribution in [0.15, 0.2) is 40.3 Å². The lowest BCUT2D eigenvalue weighted by molar-refractivity contribution is -0.119. The van der Waals surface area contributed by atoms with Gasteiger partial charge in [-0.1, -0.05) is 36.0 Å². The van der Waals surface area contributed by atoms with Crippen LogP contribution in [-0.2, 0) is 11.2 Å². The zero-order chi connectivity index (χ0) is 17.4. The molecular formula is C18H18N4O2S. The number of rotatable bonds is 4. The van der Waals surface area contributed by atoms with Crippen molar-refractivity contribution in [1.29, 1.82) is 0 Å². The van der Waals surface area contributed by atoms with E-state index in [-0.39, 0.29) is 23.3 Å². The summed E-state index contributed by atoms with van der Waals surface area (Å²) in [4.78, 5) is 34.4. The van der Waals surface area contributed by atoms with Crippen LogP contribution in [0.3, 0.4) is 0 Å². The highest BCUT2D eigenvalue weighted by atomic mass is 32.2. The molecule has 3 aromatic rings. The third kappa shape index (κ3) is 3.19. The molecule has 0 spiro atoms. The van der Waals surface area contributed by atoms with Gasteiger partial charge in [0.25, 0.3) is 5.56 Å². The molecule has 1 aliphatic rings. The number of benzene rings is 1. The minimum absolute atomic E-state index is 0.0558. The van der Waals surface area contributed by atoms with Crippen LogP contribution in [0.4, 0.5) is 0 Å². The maximum atomic E-state index is 12.3. The standard InChI is InChI=1S/C18H18N4O2S/c1-10-8-14-16(19-10)17(24)22-18(21-14)25-9-15(23)20-13-7-6-11-4-2-3-5-12(11)13/h2-5,8,13,19H,6-7,9H2,1H3,(H,20,23)(H,21,22,24)/t13-/m1/s1. The Morgan fingerprint density at radius 2 is 2.20 bits per heavy atom. The summed E-state index contributed by atoms with van der Waals surface area (Å²) in [5.41, 5.74) is 4.26. The summed E-state index contributed by atoms with van der Waals surface area (Å²) >= 11 is 1.24. The first kappa shape index (κ1) is 16.0. The molecule has 7 heteroatoms. The predicted octanol–water partition coefficient (Wildman–Crippen LogP) is 2.46. The Balaban J connectivity index is 1.42. The smallest absolute Gasteiger partial charge is 0.275 e. The Morgan fingerprint density at radius 3 is 3.08 bits per heavy atom. The van der Waals surface area contributed by atoms with Crippen LogP contribution in [-0.4, -0.2) is 26.6 Å². The van der Waals surface area contributed by atoms with E-state index in [1.54, 1.807) is 0 Å². The van der Waals surface area contributed by atoms with Crippen molar-refractivity contribution in [2.24, 2.45) is 0 Å². The van der Waals surface area contributed by atoms with Crippen LogP contribution in [0.2, 0.25) is 0 Å². The molecule has 0 bridgehead atoms. The number of aryl methyl sites for hydroxylation is 2. The quantitative estimate of drug-likeness (QED) is 0.496. The van der Waals surface area contributed by atoms with Gasteiger partial charge in [0, 0.05) is 5.69 Å². The van der Waals surface area contributed by atoms with E-state index in [0.717, 1.165) is 18.5 Å². The minimum atomic E-state index is -0.217. The number of amides is 1. The minimum Gasteiger partial charge on any atom is -0.353 e. The second kappa shape index (κ2) is 6.40. The molecule has 0 saturated heterocycles. The molecule has 2 heterocycles. The molecule has 1 aromatic carbocycles. The summed E-state index contributed by atoms with van der Waals surface area (Å²) in [6, 6.07) is 10.1. The Labute approximate surface area is 148 Å². The lowest BCUT2D eigenvalue weighted by Crippen LogP contribution is -2.28. The molecule has 6 nitrogen and oxygen atoms in total. The van der Waals surface area contributed by atoms with Gasteiger partial charge in [0.2, 0.25) is 5.91 Å². The highest BCUT2D eigenvalue weighted by Crippen LogP contribution is 2.30. The molecule has 2 aromatic heterocycles. The number of fused-ring (bicyclic) bond motifs is 2. The van der Waals surface area contributed by atoms with Gasteiger partial charge < -0.3 is 10.3 Å².